The molecule has 4 heteroatoms. The second-order valence-electron chi connectivity index (χ2n) is 1.47. The molecule has 0 saturated heterocycles. The molecule has 0 unspecified atom stereocenters. The summed E-state index contributed by atoms with van der Waals surface area (Å²) in [7, 11) is 0. The lowest BCUT2D eigenvalue weighted by Gasteiger charge is -1.99. The third-order valence-corrected chi connectivity index (χ3v) is 0.854. The highest BCUT2D eigenvalue weighted by Gasteiger charge is 1.88. The minimum Gasteiger partial charge on any atom is -0.332 e. The molecule has 9 heavy (non-hydrogen) atoms. The van der Waals surface area contributed by atoms with Crippen molar-refractivity contribution in [2.24, 2.45) is 10.8 Å². The number of guanidine groups is 1. The number of aliphatic imine (C=N–C) groups is 1. The van der Waals surface area contributed by atoms with E-state index in [1.165, 1.54) is 0 Å². The van der Waals surface area contributed by atoms with Gasteiger partial charge in [0.15, 0.2) is 0 Å². The molecule has 0 amide bonds. The van der Waals surface area contributed by atoms with Crippen LogP contribution in [0, 0.1) is 0 Å². The Morgan fingerprint density at radius 1 is 1.56 bits per heavy atom. The predicted molar refractivity (Wildman–Crippen MR) is 36.2 cm³/mol. The molecule has 0 aromatic carbocycles. The molecule has 1 aliphatic heterocycles. The molecule has 0 radical (unpaired) electrons. The Balaban J connectivity index is 2.62. The normalized spacial score (nSPS) is 15.9. The molecule has 4 nitrogen and oxygen atoms in total. The zero-order chi connectivity index (χ0) is 6.53. The number of hydrazine groups is 1. The Kier molecular flexibility index (Phi) is 1.87. The van der Waals surface area contributed by atoms with Gasteiger partial charge in [0.25, 0.3) is 0 Å². The van der Waals surface area contributed by atoms with E-state index >= 15 is 0 Å². The molecule has 4 N–H and O–H groups in total. The highest BCUT2D eigenvalue weighted by molar-refractivity contribution is 5.81. The summed E-state index contributed by atoms with van der Waals surface area (Å²) < 4.78 is 0. The Bertz CT molecular complexity index is 168. The van der Waals surface area contributed by atoms with Crippen LogP contribution in [0.4, 0.5) is 0 Å². The Labute approximate surface area is 53.1 Å². The van der Waals surface area contributed by atoms with Gasteiger partial charge in [-0.05, 0) is 12.2 Å². The van der Waals surface area contributed by atoms with Crippen molar-refractivity contribution >= 4 is 5.96 Å². The molecule has 1 heterocycles. The van der Waals surface area contributed by atoms with E-state index < -0.39 is 0 Å². The number of nitrogens with one attached hydrogen (secondary N) is 2. The first-order valence-electron chi connectivity index (χ1n) is 2.56. The fourth-order valence-corrected chi connectivity index (χ4v) is 0.466. The van der Waals surface area contributed by atoms with Gasteiger partial charge in [0.2, 0.25) is 5.96 Å². The summed E-state index contributed by atoms with van der Waals surface area (Å²) in [6.45, 7) is 0. The lowest BCUT2D eigenvalue weighted by Crippen LogP contribution is -2.38. The van der Waals surface area contributed by atoms with Crippen molar-refractivity contribution in [1.82, 2.24) is 10.7 Å². The van der Waals surface area contributed by atoms with Gasteiger partial charge >= 0.3 is 0 Å². The van der Waals surface area contributed by atoms with Crippen molar-refractivity contribution in [2.75, 3.05) is 0 Å². The quantitative estimate of drug-likeness (QED) is 0.299. The van der Waals surface area contributed by atoms with Crippen LogP contribution in [0.3, 0.4) is 0 Å². The second kappa shape index (κ2) is 2.88. The lowest BCUT2D eigenvalue weighted by atomic mass is 10.6. The summed E-state index contributed by atoms with van der Waals surface area (Å²) in [4.78, 5) is 3.87. The van der Waals surface area contributed by atoms with Gasteiger partial charge in [-0.1, -0.05) is 0 Å². The molecule has 0 saturated carbocycles. The molecule has 1 aliphatic rings. The molecule has 1 rings (SSSR count). The summed E-state index contributed by atoms with van der Waals surface area (Å²) in [5.74, 6) is 5.60. The Morgan fingerprint density at radius 2 is 2.44 bits per heavy atom. The number of rotatable bonds is 0. The van der Waals surface area contributed by atoms with Crippen LogP contribution in [0.1, 0.15) is 0 Å². The van der Waals surface area contributed by atoms with Gasteiger partial charge in [0, 0.05) is 12.4 Å². The molecular weight excluding hydrogens is 116 g/mol. The van der Waals surface area contributed by atoms with Gasteiger partial charge in [-0.3, -0.25) is 5.43 Å². The molecular formula is C5H8N4. The van der Waals surface area contributed by atoms with Crippen molar-refractivity contribution in [3.05, 3.63) is 24.6 Å². The predicted octanol–water partition coefficient (Wildman–Crippen LogP) is -0.564. The zero-order valence-corrected chi connectivity index (χ0v) is 4.83. The fraction of sp³-hybridized carbons (Fsp3) is 0. The first-order valence-corrected chi connectivity index (χ1v) is 2.56. The maximum Gasteiger partial charge on any atom is 0.214 e. The smallest absolute Gasteiger partial charge is 0.214 e. The number of hydrogen-bond acceptors (Lipinski definition) is 4. The summed E-state index contributed by atoms with van der Waals surface area (Å²) in [6.07, 6.45) is 7.01. The fourth-order valence-electron chi connectivity index (χ4n) is 0.466. The molecule has 0 fully saturated rings. The monoisotopic (exact) mass is 124 g/mol. The average Bonchev–Trinajstić information content (AvgIpc) is 2.13. The van der Waals surface area contributed by atoms with Crippen molar-refractivity contribution in [2.45, 2.75) is 0 Å². The van der Waals surface area contributed by atoms with Crippen LogP contribution in [0.15, 0.2) is 29.5 Å². The van der Waals surface area contributed by atoms with Crippen LogP contribution in [0.5, 0.6) is 0 Å². The number of hydrogen-bond donors (Lipinski definition) is 3. The highest BCUT2D eigenvalue weighted by atomic mass is 15.3. The molecule has 0 atom stereocenters. The summed E-state index contributed by atoms with van der Waals surface area (Å²) in [6, 6.07) is 0. The van der Waals surface area contributed by atoms with Crippen LogP contribution in [0.2, 0.25) is 0 Å². The highest BCUT2D eigenvalue weighted by Crippen LogP contribution is 1.82. The standard InChI is InChI=1S/C5H8N4/c6-9-5-7-3-1-2-4-8-5/h1-4H,6H2,(H2,7,8,9). The van der Waals surface area contributed by atoms with E-state index in [1.807, 2.05) is 6.08 Å². The van der Waals surface area contributed by atoms with E-state index in [9.17, 15) is 0 Å². The van der Waals surface area contributed by atoms with Crippen molar-refractivity contribution in [3.8, 4) is 0 Å². The van der Waals surface area contributed by atoms with Crippen molar-refractivity contribution < 1.29 is 0 Å². The Hall–Kier alpha value is -1.29. The lowest BCUT2D eigenvalue weighted by molar-refractivity contribution is 0.966. The van der Waals surface area contributed by atoms with Crippen LogP contribution >= 0.6 is 0 Å². The average molecular weight is 124 g/mol. The topological polar surface area (TPSA) is 62.4 Å². The third-order valence-electron chi connectivity index (χ3n) is 0.854. The zero-order valence-electron chi connectivity index (χ0n) is 4.83. The van der Waals surface area contributed by atoms with Crippen LogP contribution in [-0.2, 0) is 0 Å². The van der Waals surface area contributed by atoms with Gasteiger partial charge in [-0.2, -0.15) is 0 Å². The molecule has 0 spiro atoms. The Morgan fingerprint density at radius 3 is 3.22 bits per heavy atom. The van der Waals surface area contributed by atoms with E-state index in [1.54, 1.807) is 18.5 Å². The maximum atomic E-state index is 5.06. The minimum atomic E-state index is 0.542. The van der Waals surface area contributed by atoms with E-state index in [0.29, 0.717) is 5.96 Å². The first kappa shape index (κ1) is 5.84. The van der Waals surface area contributed by atoms with E-state index in [2.05, 4.69) is 15.7 Å². The summed E-state index contributed by atoms with van der Waals surface area (Å²) in [5.41, 5.74) is 2.38. The third kappa shape index (κ3) is 1.58. The number of allylic oxidation sites excluding steroid dienone is 2. The second-order valence-corrected chi connectivity index (χ2v) is 1.47. The summed E-state index contributed by atoms with van der Waals surface area (Å²) in [5, 5.41) is 2.80. The molecule has 48 valence electrons. The van der Waals surface area contributed by atoms with Gasteiger partial charge < -0.3 is 5.32 Å². The van der Waals surface area contributed by atoms with E-state index in [0.717, 1.165) is 0 Å². The summed E-state index contributed by atoms with van der Waals surface area (Å²) >= 11 is 0. The van der Waals surface area contributed by atoms with Gasteiger partial charge in [0.1, 0.15) is 0 Å². The van der Waals surface area contributed by atoms with Crippen LogP contribution in [-0.4, -0.2) is 5.96 Å². The minimum absolute atomic E-state index is 0.542. The van der Waals surface area contributed by atoms with Crippen LogP contribution < -0.4 is 16.6 Å². The van der Waals surface area contributed by atoms with Gasteiger partial charge in [-0.15, -0.1) is 0 Å². The maximum absolute atomic E-state index is 5.06. The van der Waals surface area contributed by atoms with Gasteiger partial charge in [0.05, 0.1) is 0 Å². The van der Waals surface area contributed by atoms with Crippen LogP contribution in [0.25, 0.3) is 0 Å². The molecule has 0 aromatic heterocycles. The molecule has 0 aliphatic carbocycles. The van der Waals surface area contributed by atoms with Gasteiger partial charge in [-0.25, -0.2) is 10.8 Å². The SMILES string of the molecule is NNC1=NC=CC=CN1. The first-order chi connectivity index (χ1) is 4.43. The molecule has 0 aromatic rings. The van der Waals surface area contributed by atoms with Crippen molar-refractivity contribution in [1.29, 1.82) is 0 Å². The van der Waals surface area contributed by atoms with Crippen molar-refractivity contribution in [3.63, 3.8) is 0 Å². The molecule has 0 bridgehead atoms. The largest absolute Gasteiger partial charge is 0.332 e. The number of nitrogens with two attached hydrogens (primary N) is 1. The number of nitrogens with zero attached hydrogens (tertiary/aromatic N) is 1. The van der Waals surface area contributed by atoms with E-state index in [-0.39, 0.29) is 0 Å². The van der Waals surface area contributed by atoms with E-state index in [4.69, 9.17) is 5.84 Å².